The molecule has 1 aliphatic rings. The molecule has 0 bridgehead atoms. The molecule has 1 amide bonds. The van der Waals surface area contributed by atoms with Crippen LogP contribution in [-0.4, -0.2) is 12.7 Å². The summed E-state index contributed by atoms with van der Waals surface area (Å²) in [7, 11) is 0. The SMILES string of the molecule is Nc1ccc(C(=O)Nc2ccc3c(c2)OCO3)c(N)c1. The van der Waals surface area contributed by atoms with Crippen LogP contribution in [-0.2, 0) is 0 Å². The smallest absolute Gasteiger partial charge is 0.257 e. The van der Waals surface area contributed by atoms with E-state index in [9.17, 15) is 4.79 Å². The number of carbonyl (C=O) groups excluding carboxylic acids is 1. The molecule has 0 aliphatic carbocycles. The third-order valence-electron chi connectivity index (χ3n) is 2.95. The van der Waals surface area contributed by atoms with E-state index in [0.717, 1.165) is 0 Å². The number of amides is 1. The molecule has 5 N–H and O–H groups in total. The van der Waals surface area contributed by atoms with Crippen molar-refractivity contribution in [3.05, 3.63) is 42.0 Å². The van der Waals surface area contributed by atoms with Crippen LogP contribution < -0.4 is 26.3 Å². The van der Waals surface area contributed by atoms with Crippen LogP contribution in [0.5, 0.6) is 11.5 Å². The Hall–Kier alpha value is -2.89. The molecule has 3 rings (SSSR count). The molecule has 6 heteroatoms. The number of rotatable bonds is 2. The lowest BCUT2D eigenvalue weighted by Gasteiger charge is -2.08. The fourth-order valence-corrected chi connectivity index (χ4v) is 1.96. The number of nitrogens with two attached hydrogens (primary N) is 2. The van der Waals surface area contributed by atoms with Gasteiger partial charge in [-0.1, -0.05) is 0 Å². The largest absolute Gasteiger partial charge is 0.454 e. The standard InChI is InChI=1S/C14H13N3O3/c15-8-1-3-10(11(16)5-8)14(18)17-9-2-4-12-13(6-9)20-7-19-12/h1-6H,7,15-16H2,(H,17,18). The molecule has 0 atom stereocenters. The van der Waals surface area contributed by atoms with E-state index in [1.54, 1.807) is 36.4 Å². The molecule has 2 aromatic carbocycles. The highest BCUT2D eigenvalue weighted by Crippen LogP contribution is 2.34. The number of fused-ring (bicyclic) bond motifs is 1. The molecule has 0 saturated carbocycles. The highest BCUT2D eigenvalue weighted by molar-refractivity contribution is 6.08. The van der Waals surface area contributed by atoms with E-state index in [-0.39, 0.29) is 12.7 Å². The summed E-state index contributed by atoms with van der Waals surface area (Å²) in [5, 5.41) is 2.75. The van der Waals surface area contributed by atoms with Gasteiger partial charge in [0.1, 0.15) is 0 Å². The molecule has 2 aromatic rings. The summed E-state index contributed by atoms with van der Waals surface area (Å²) in [5.41, 5.74) is 13.2. The maximum Gasteiger partial charge on any atom is 0.257 e. The first-order valence-corrected chi connectivity index (χ1v) is 5.99. The van der Waals surface area contributed by atoms with Crippen molar-refractivity contribution < 1.29 is 14.3 Å². The third-order valence-corrected chi connectivity index (χ3v) is 2.95. The molecule has 0 unspecified atom stereocenters. The Morgan fingerprint density at radius 1 is 1.05 bits per heavy atom. The van der Waals surface area contributed by atoms with Crippen molar-refractivity contribution in [1.82, 2.24) is 0 Å². The molecular formula is C14H13N3O3. The summed E-state index contributed by atoms with van der Waals surface area (Å²) >= 11 is 0. The van der Waals surface area contributed by atoms with Crippen molar-refractivity contribution >= 4 is 23.0 Å². The van der Waals surface area contributed by atoms with Gasteiger partial charge >= 0.3 is 0 Å². The quantitative estimate of drug-likeness (QED) is 0.724. The molecule has 1 heterocycles. The summed E-state index contributed by atoms with van der Waals surface area (Å²) in [4.78, 5) is 12.1. The predicted molar refractivity (Wildman–Crippen MR) is 75.8 cm³/mol. The van der Waals surface area contributed by atoms with E-state index in [1.165, 1.54) is 0 Å². The Morgan fingerprint density at radius 2 is 1.85 bits per heavy atom. The minimum atomic E-state index is -0.304. The van der Waals surface area contributed by atoms with Crippen molar-refractivity contribution in [3.8, 4) is 11.5 Å². The van der Waals surface area contributed by atoms with Gasteiger partial charge in [0.2, 0.25) is 6.79 Å². The number of ether oxygens (including phenoxy) is 2. The molecule has 0 spiro atoms. The summed E-state index contributed by atoms with van der Waals surface area (Å²) in [5.74, 6) is 0.962. The maximum absolute atomic E-state index is 12.1. The van der Waals surface area contributed by atoms with E-state index < -0.39 is 0 Å². The Labute approximate surface area is 115 Å². The van der Waals surface area contributed by atoms with Gasteiger partial charge in [0.25, 0.3) is 5.91 Å². The molecule has 0 saturated heterocycles. The van der Waals surface area contributed by atoms with Gasteiger partial charge in [-0.15, -0.1) is 0 Å². The summed E-state index contributed by atoms with van der Waals surface area (Å²) in [6.07, 6.45) is 0. The lowest BCUT2D eigenvalue weighted by molar-refractivity contribution is 0.102. The summed E-state index contributed by atoms with van der Waals surface area (Å²) < 4.78 is 10.5. The topological polar surface area (TPSA) is 99.6 Å². The monoisotopic (exact) mass is 271 g/mol. The van der Waals surface area contributed by atoms with Crippen molar-refractivity contribution in [1.29, 1.82) is 0 Å². The molecule has 1 aliphatic heterocycles. The van der Waals surface area contributed by atoms with Crippen molar-refractivity contribution in [2.24, 2.45) is 0 Å². The highest BCUT2D eigenvalue weighted by Gasteiger charge is 2.15. The fourth-order valence-electron chi connectivity index (χ4n) is 1.96. The fraction of sp³-hybridized carbons (Fsp3) is 0.0714. The highest BCUT2D eigenvalue weighted by atomic mass is 16.7. The first kappa shape index (κ1) is 12.2. The van der Waals surface area contributed by atoms with Crippen molar-refractivity contribution in [2.75, 3.05) is 23.6 Å². The average Bonchev–Trinajstić information content (AvgIpc) is 2.85. The number of anilines is 3. The van der Waals surface area contributed by atoms with Gasteiger partial charge in [0.15, 0.2) is 11.5 Å². The number of nitrogen functional groups attached to an aromatic ring is 2. The second kappa shape index (κ2) is 4.65. The second-order valence-corrected chi connectivity index (χ2v) is 4.37. The van der Waals surface area contributed by atoms with Crippen LogP contribution in [0.2, 0.25) is 0 Å². The third kappa shape index (κ3) is 2.18. The van der Waals surface area contributed by atoms with E-state index in [4.69, 9.17) is 20.9 Å². The Bertz CT molecular complexity index is 685. The summed E-state index contributed by atoms with van der Waals surface area (Å²) in [6.45, 7) is 0.192. The lowest BCUT2D eigenvalue weighted by atomic mass is 10.1. The van der Waals surface area contributed by atoms with Gasteiger partial charge in [-0.3, -0.25) is 4.79 Å². The van der Waals surface area contributed by atoms with E-state index >= 15 is 0 Å². The van der Waals surface area contributed by atoms with Crippen LogP contribution >= 0.6 is 0 Å². The average molecular weight is 271 g/mol. The number of carbonyl (C=O) groups is 1. The van der Waals surface area contributed by atoms with E-state index in [0.29, 0.717) is 34.1 Å². The minimum absolute atomic E-state index is 0.192. The lowest BCUT2D eigenvalue weighted by Crippen LogP contribution is -2.14. The molecule has 0 radical (unpaired) electrons. The van der Waals surface area contributed by atoms with Gasteiger partial charge in [0, 0.05) is 23.1 Å². The predicted octanol–water partition coefficient (Wildman–Crippen LogP) is 1.83. The zero-order chi connectivity index (χ0) is 14.1. The van der Waals surface area contributed by atoms with Gasteiger partial charge in [-0.25, -0.2) is 0 Å². The van der Waals surface area contributed by atoms with Gasteiger partial charge in [0.05, 0.1) is 5.56 Å². The first-order valence-electron chi connectivity index (χ1n) is 5.99. The number of benzene rings is 2. The van der Waals surface area contributed by atoms with Crippen LogP contribution in [0.1, 0.15) is 10.4 Å². The molecular weight excluding hydrogens is 258 g/mol. The molecule has 0 aromatic heterocycles. The minimum Gasteiger partial charge on any atom is -0.454 e. The molecule has 6 nitrogen and oxygen atoms in total. The number of hydrogen-bond donors (Lipinski definition) is 3. The Morgan fingerprint density at radius 3 is 2.65 bits per heavy atom. The summed E-state index contributed by atoms with van der Waals surface area (Å²) in [6, 6.07) is 9.95. The zero-order valence-corrected chi connectivity index (χ0v) is 10.6. The number of nitrogens with one attached hydrogen (secondary N) is 1. The zero-order valence-electron chi connectivity index (χ0n) is 10.6. The molecule has 0 fully saturated rings. The molecule has 102 valence electrons. The van der Waals surface area contributed by atoms with E-state index in [2.05, 4.69) is 5.32 Å². The Kier molecular flexibility index (Phi) is 2.83. The van der Waals surface area contributed by atoms with Gasteiger partial charge in [-0.05, 0) is 30.3 Å². The normalized spacial score (nSPS) is 12.2. The number of hydrogen-bond acceptors (Lipinski definition) is 5. The van der Waals surface area contributed by atoms with E-state index in [1.807, 2.05) is 0 Å². The van der Waals surface area contributed by atoms with Crippen molar-refractivity contribution in [3.63, 3.8) is 0 Å². The van der Waals surface area contributed by atoms with Crippen LogP contribution in [0.4, 0.5) is 17.1 Å². The van der Waals surface area contributed by atoms with Gasteiger partial charge in [-0.2, -0.15) is 0 Å². The van der Waals surface area contributed by atoms with Gasteiger partial charge < -0.3 is 26.3 Å². The Balaban J connectivity index is 1.82. The van der Waals surface area contributed by atoms with Crippen molar-refractivity contribution in [2.45, 2.75) is 0 Å². The van der Waals surface area contributed by atoms with Crippen LogP contribution in [0.3, 0.4) is 0 Å². The van der Waals surface area contributed by atoms with Crippen LogP contribution in [0.15, 0.2) is 36.4 Å². The van der Waals surface area contributed by atoms with Crippen LogP contribution in [0, 0.1) is 0 Å². The van der Waals surface area contributed by atoms with Crippen LogP contribution in [0.25, 0.3) is 0 Å². The second-order valence-electron chi connectivity index (χ2n) is 4.37. The maximum atomic E-state index is 12.1. The first-order chi connectivity index (χ1) is 9.63. The molecule has 20 heavy (non-hydrogen) atoms.